The van der Waals surface area contributed by atoms with Crippen LogP contribution in [0, 0.1) is 24.0 Å². The van der Waals surface area contributed by atoms with Gasteiger partial charge in [0.15, 0.2) is 17.2 Å². The highest BCUT2D eigenvalue weighted by Gasteiger charge is 2.27. The molecule has 0 aromatic heterocycles. The van der Waals surface area contributed by atoms with Gasteiger partial charge >= 0.3 is 5.97 Å². The fourth-order valence-corrected chi connectivity index (χ4v) is 3.00. The predicted octanol–water partition coefficient (Wildman–Crippen LogP) is 3.28. The van der Waals surface area contributed by atoms with Crippen LogP contribution in [0.5, 0.6) is 11.5 Å². The maximum Gasteiger partial charge on any atom is 0.363 e. The lowest BCUT2D eigenvalue weighted by molar-refractivity contribution is -0.385. The van der Waals surface area contributed by atoms with Gasteiger partial charge in [0.2, 0.25) is 12.7 Å². The summed E-state index contributed by atoms with van der Waals surface area (Å²) in [7, 11) is 0. The number of fused-ring (bicyclic) bond motifs is 1. The molecule has 4 rings (SSSR count). The first kappa shape index (κ1) is 16.8. The first-order valence-electron chi connectivity index (χ1n) is 8.10. The Balaban J connectivity index is 1.77. The average Bonchev–Trinajstić information content (AvgIpc) is 3.19. The number of rotatable bonds is 3. The Morgan fingerprint density at radius 1 is 1.07 bits per heavy atom. The Kier molecular flexibility index (Phi) is 3.88. The molecular weight excluding hydrogens is 352 g/mol. The Morgan fingerprint density at radius 3 is 2.41 bits per heavy atom. The number of hydrogen-bond acceptors (Lipinski definition) is 7. The van der Waals surface area contributed by atoms with Crippen LogP contribution in [0.4, 0.5) is 5.69 Å². The maximum atomic E-state index is 12.2. The maximum absolute atomic E-state index is 12.2. The highest BCUT2D eigenvalue weighted by atomic mass is 16.7. The summed E-state index contributed by atoms with van der Waals surface area (Å²) in [5.41, 5.74) is 2.63. The summed E-state index contributed by atoms with van der Waals surface area (Å²) in [5.74, 6) is 0.159. The second kappa shape index (κ2) is 6.24. The molecule has 0 fully saturated rings. The molecule has 0 atom stereocenters. The number of benzene rings is 2. The Bertz CT molecular complexity index is 1030. The number of hydrogen-bond donors (Lipinski definition) is 0. The number of carbonyl (C=O) groups is 1. The van der Waals surface area contributed by atoms with Crippen molar-refractivity contribution in [2.24, 2.45) is 4.99 Å². The van der Waals surface area contributed by atoms with Crippen molar-refractivity contribution in [3.8, 4) is 11.5 Å². The summed E-state index contributed by atoms with van der Waals surface area (Å²) < 4.78 is 15.7. The molecule has 0 radical (unpaired) electrons. The minimum Gasteiger partial charge on any atom is -0.454 e. The number of esters is 1. The second-order valence-corrected chi connectivity index (χ2v) is 6.23. The van der Waals surface area contributed by atoms with Gasteiger partial charge in [0, 0.05) is 5.56 Å². The van der Waals surface area contributed by atoms with Crippen LogP contribution in [0.1, 0.15) is 22.3 Å². The third-order valence-electron chi connectivity index (χ3n) is 4.10. The zero-order chi connectivity index (χ0) is 19.1. The van der Waals surface area contributed by atoms with Gasteiger partial charge in [0.25, 0.3) is 5.69 Å². The van der Waals surface area contributed by atoms with Gasteiger partial charge in [-0.15, -0.1) is 0 Å². The SMILES string of the molecule is Cc1cc(C)cc(C2=N/C(=C/c3cc4c(cc3[N+](=O)[O-])OCO4)C(=O)O2)c1. The van der Waals surface area contributed by atoms with Gasteiger partial charge in [-0.25, -0.2) is 9.79 Å². The van der Waals surface area contributed by atoms with Crippen molar-refractivity contribution in [1.82, 2.24) is 0 Å². The summed E-state index contributed by atoms with van der Waals surface area (Å²) >= 11 is 0. The van der Waals surface area contributed by atoms with Gasteiger partial charge in [0.05, 0.1) is 16.6 Å². The van der Waals surface area contributed by atoms with Crippen LogP contribution in [-0.4, -0.2) is 23.6 Å². The van der Waals surface area contributed by atoms with E-state index in [-0.39, 0.29) is 35.4 Å². The molecule has 8 nitrogen and oxygen atoms in total. The third-order valence-corrected chi connectivity index (χ3v) is 4.10. The van der Waals surface area contributed by atoms with Gasteiger partial charge in [-0.05, 0) is 38.1 Å². The lowest BCUT2D eigenvalue weighted by atomic mass is 10.1. The summed E-state index contributed by atoms with van der Waals surface area (Å²) in [4.78, 5) is 27.3. The second-order valence-electron chi connectivity index (χ2n) is 6.23. The van der Waals surface area contributed by atoms with Gasteiger partial charge in [-0.3, -0.25) is 10.1 Å². The Morgan fingerprint density at radius 2 is 1.74 bits per heavy atom. The monoisotopic (exact) mass is 366 g/mol. The van der Waals surface area contributed by atoms with E-state index < -0.39 is 10.9 Å². The average molecular weight is 366 g/mol. The van der Waals surface area contributed by atoms with E-state index in [1.54, 1.807) is 0 Å². The number of carbonyl (C=O) groups excluding carboxylic acids is 1. The van der Waals surface area contributed by atoms with Crippen LogP contribution in [0.2, 0.25) is 0 Å². The summed E-state index contributed by atoms with van der Waals surface area (Å²) in [6.45, 7) is 3.85. The molecule has 2 aliphatic rings. The molecule has 136 valence electrons. The normalized spacial score (nSPS) is 16.4. The van der Waals surface area contributed by atoms with E-state index in [0.717, 1.165) is 11.1 Å². The van der Waals surface area contributed by atoms with Crippen LogP contribution in [0.15, 0.2) is 41.0 Å². The molecular formula is C19H14N2O6. The molecule has 0 aliphatic carbocycles. The molecule has 0 spiro atoms. The van der Waals surface area contributed by atoms with Crippen LogP contribution >= 0.6 is 0 Å². The number of ether oxygens (including phenoxy) is 3. The summed E-state index contributed by atoms with van der Waals surface area (Å²) in [6.07, 6.45) is 1.32. The summed E-state index contributed by atoms with van der Waals surface area (Å²) in [5, 5.41) is 11.4. The quantitative estimate of drug-likeness (QED) is 0.358. The van der Waals surface area contributed by atoms with Crippen molar-refractivity contribution >= 4 is 23.6 Å². The standard InChI is InChI=1S/C19H14N2O6/c1-10-3-11(2)5-13(4-10)18-20-14(19(22)27-18)6-12-7-16-17(26-9-25-16)8-15(12)21(23)24/h3-8H,9H2,1-2H3/b14-6+. The van der Waals surface area contributed by atoms with E-state index in [1.165, 1.54) is 18.2 Å². The molecule has 27 heavy (non-hydrogen) atoms. The molecule has 2 aromatic carbocycles. The van der Waals surface area contributed by atoms with Crippen molar-refractivity contribution in [2.75, 3.05) is 6.79 Å². The number of aliphatic imine (C=N–C) groups is 1. The molecule has 0 saturated carbocycles. The molecule has 0 unspecified atom stereocenters. The third kappa shape index (κ3) is 3.12. The van der Waals surface area contributed by atoms with Gasteiger partial charge in [0.1, 0.15) is 0 Å². The minimum atomic E-state index is -0.670. The van der Waals surface area contributed by atoms with Crippen LogP contribution in [0.3, 0.4) is 0 Å². The fourth-order valence-electron chi connectivity index (χ4n) is 3.00. The predicted molar refractivity (Wildman–Crippen MR) is 95.7 cm³/mol. The van der Waals surface area contributed by atoms with Crippen molar-refractivity contribution in [2.45, 2.75) is 13.8 Å². The van der Waals surface area contributed by atoms with Crippen molar-refractivity contribution < 1.29 is 23.9 Å². The first-order valence-corrected chi connectivity index (χ1v) is 8.10. The fraction of sp³-hybridized carbons (Fsp3) is 0.158. The van der Waals surface area contributed by atoms with Gasteiger partial charge in [-0.1, -0.05) is 17.2 Å². The molecule has 2 aromatic rings. The van der Waals surface area contributed by atoms with E-state index in [2.05, 4.69) is 4.99 Å². The highest BCUT2D eigenvalue weighted by Crippen LogP contribution is 2.39. The van der Waals surface area contributed by atoms with Crippen LogP contribution in [0.25, 0.3) is 6.08 Å². The molecule has 0 bridgehead atoms. The molecule has 0 N–H and O–H groups in total. The zero-order valence-corrected chi connectivity index (χ0v) is 14.5. The van der Waals surface area contributed by atoms with Crippen molar-refractivity contribution in [1.29, 1.82) is 0 Å². The Labute approximate surface area is 153 Å². The smallest absolute Gasteiger partial charge is 0.363 e. The molecule has 0 amide bonds. The van der Waals surface area contributed by atoms with Gasteiger partial charge < -0.3 is 14.2 Å². The number of cyclic esters (lactones) is 1. The largest absolute Gasteiger partial charge is 0.454 e. The van der Waals surface area contributed by atoms with Crippen molar-refractivity contribution in [3.05, 3.63) is 68.4 Å². The molecule has 0 saturated heterocycles. The number of nitro benzene ring substituents is 1. The molecule has 2 aliphatic heterocycles. The number of nitrogens with zero attached hydrogens (tertiary/aromatic N) is 2. The topological polar surface area (TPSA) is 100 Å². The summed E-state index contributed by atoms with van der Waals surface area (Å²) in [6, 6.07) is 8.42. The van der Waals surface area contributed by atoms with Crippen LogP contribution < -0.4 is 9.47 Å². The lowest BCUT2D eigenvalue weighted by Crippen LogP contribution is -2.06. The first-order chi connectivity index (χ1) is 12.9. The number of aryl methyl sites for hydroxylation is 2. The van der Waals surface area contributed by atoms with Crippen molar-refractivity contribution in [3.63, 3.8) is 0 Å². The molecule has 2 heterocycles. The van der Waals surface area contributed by atoms with Gasteiger partial charge in [-0.2, -0.15) is 0 Å². The minimum absolute atomic E-state index is 0.0104. The van der Waals surface area contributed by atoms with E-state index in [9.17, 15) is 14.9 Å². The van der Waals surface area contributed by atoms with E-state index in [4.69, 9.17) is 14.2 Å². The van der Waals surface area contributed by atoms with E-state index in [0.29, 0.717) is 11.3 Å². The Hall–Kier alpha value is -3.68. The molecule has 8 heteroatoms. The zero-order valence-electron chi connectivity index (χ0n) is 14.5. The van der Waals surface area contributed by atoms with Crippen LogP contribution in [-0.2, 0) is 9.53 Å². The lowest BCUT2D eigenvalue weighted by Gasteiger charge is -2.03. The number of nitro groups is 1. The highest BCUT2D eigenvalue weighted by molar-refractivity contribution is 6.13. The van der Waals surface area contributed by atoms with E-state index >= 15 is 0 Å². The van der Waals surface area contributed by atoms with E-state index in [1.807, 2.05) is 32.0 Å².